The second-order valence-corrected chi connectivity index (χ2v) is 13.8. The van der Waals surface area contributed by atoms with Gasteiger partial charge in [-0.25, -0.2) is 15.0 Å². The fraction of sp³-hybridized carbons (Fsp3) is 0.0426. The molecule has 5 aromatic heterocycles. The molecular weight excluding hydrogens is 691 g/mol. The van der Waals surface area contributed by atoms with Gasteiger partial charge in [0, 0.05) is 38.2 Å². The van der Waals surface area contributed by atoms with Crippen molar-refractivity contribution in [3.63, 3.8) is 0 Å². The average molecular weight is 722 g/mol. The van der Waals surface area contributed by atoms with E-state index in [9.17, 15) is 0 Å². The van der Waals surface area contributed by atoms with Gasteiger partial charge in [-0.15, -0.1) is 0 Å². The largest absolute Gasteiger partial charge is 0.262 e. The first-order chi connectivity index (χ1) is 27.8. The van der Waals surface area contributed by atoms with E-state index >= 15 is 0 Å². The van der Waals surface area contributed by atoms with Crippen molar-refractivity contribution in [2.24, 2.45) is 0 Å². The van der Waals surface area contributed by atoms with E-state index in [1.807, 2.05) is 103 Å². The van der Waals surface area contributed by atoms with Crippen LogP contribution in [0.1, 0.15) is 18.7 Å². The third kappa shape index (κ3) is 5.28. The van der Waals surface area contributed by atoms with Crippen LogP contribution in [-0.4, -0.2) is 44.0 Å². The van der Waals surface area contributed by atoms with Gasteiger partial charge in [-0.05, 0) is 36.6 Å². The monoisotopic (exact) mass is 721 g/mol. The highest BCUT2D eigenvalue weighted by molar-refractivity contribution is 6.16. The molecule has 9 heteroatoms. The summed E-state index contributed by atoms with van der Waals surface area (Å²) in [6.07, 6.45) is 8.13. The van der Waals surface area contributed by atoms with E-state index in [0.29, 0.717) is 40.8 Å². The number of para-hydroxylation sites is 2. The van der Waals surface area contributed by atoms with E-state index in [2.05, 4.69) is 69.8 Å². The maximum atomic E-state index is 5.55. The Morgan fingerprint density at radius 2 is 0.821 bits per heavy atom. The van der Waals surface area contributed by atoms with Crippen LogP contribution in [0.15, 0.2) is 164 Å². The van der Waals surface area contributed by atoms with Crippen LogP contribution < -0.4 is 0 Å². The minimum Gasteiger partial charge on any atom is -0.262 e. The van der Waals surface area contributed by atoms with Gasteiger partial charge in [-0.3, -0.25) is 9.13 Å². The van der Waals surface area contributed by atoms with Gasteiger partial charge in [-0.1, -0.05) is 146 Å². The van der Waals surface area contributed by atoms with Crippen LogP contribution in [0.25, 0.3) is 95.5 Å². The van der Waals surface area contributed by atoms with E-state index in [-0.39, 0.29) is 0 Å². The van der Waals surface area contributed by atoms with Gasteiger partial charge < -0.3 is 0 Å². The first-order valence-electron chi connectivity index (χ1n) is 18.7. The molecule has 0 saturated carbocycles. The van der Waals surface area contributed by atoms with Crippen molar-refractivity contribution in [3.8, 4) is 46.1 Å². The second-order valence-electron chi connectivity index (χ2n) is 13.8. The Hall–Kier alpha value is -7.65. The van der Waals surface area contributed by atoms with Crippen molar-refractivity contribution in [3.05, 3.63) is 170 Å². The van der Waals surface area contributed by atoms with Gasteiger partial charge in [0.05, 0.1) is 11.0 Å². The fourth-order valence-corrected chi connectivity index (χ4v) is 7.67. The molecule has 9 nitrogen and oxygen atoms in total. The minimum atomic E-state index is 0.476. The molecule has 0 unspecified atom stereocenters. The molecule has 0 fully saturated rings. The highest BCUT2D eigenvalue weighted by Gasteiger charge is 2.24. The summed E-state index contributed by atoms with van der Waals surface area (Å²) in [5.41, 5.74) is 7.10. The normalized spacial score (nSPS) is 12.9. The minimum absolute atomic E-state index is 0.476. The highest BCUT2D eigenvalue weighted by atomic mass is 15.3. The predicted octanol–water partition coefficient (Wildman–Crippen LogP) is 10.4. The lowest BCUT2D eigenvalue weighted by Gasteiger charge is -2.13. The van der Waals surface area contributed by atoms with Crippen molar-refractivity contribution in [1.29, 1.82) is 0 Å². The van der Waals surface area contributed by atoms with Crippen LogP contribution in [-0.2, 0) is 0 Å². The number of pyridine rings is 1. The highest BCUT2D eigenvalue weighted by Crippen LogP contribution is 2.38. The molecule has 0 spiro atoms. The Balaban J connectivity index is 1.22. The summed E-state index contributed by atoms with van der Waals surface area (Å²) >= 11 is 0. The summed E-state index contributed by atoms with van der Waals surface area (Å²) in [6.45, 7) is 0. The van der Waals surface area contributed by atoms with Crippen LogP contribution >= 0.6 is 0 Å². The number of hydrogen-bond acceptors (Lipinski definition) is 7. The van der Waals surface area contributed by atoms with Gasteiger partial charge in [0.2, 0.25) is 11.9 Å². The van der Waals surface area contributed by atoms with Crippen LogP contribution in [0.4, 0.5) is 0 Å². The number of fused-ring (bicyclic) bond motifs is 6. The van der Waals surface area contributed by atoms with E-state index in [1.54, 1.807) is 0 Å². The molecule has 0 N–H and O–H groups in total. The van der Waals surface area contributed by atoms with Gasteiger partial charge in [0.1, 0.15) is 0 Å². The quantitative estimate of drug-likeness (QED) is 0.168. The summed E-state index contributed by atoms with van der Waals surface area (Å²) in [5.74, 6) is 3.40. The molecule has 0 atom stereocenters. The third-order valence-electron chi connectivity index (χ3n) is 10.3. The molecule has 5 aromatic carbocycles. The molecule has 0 radical (unpaired) electrons. The smallest absolute Gasteiger partial charge is 0.240 e. The molecule has 0 bridgehead atoms. The van der Waals surface area contributed by atoms with Crippen molar-refractivity contribution in [2.45, 2.75) is 12.8 Å². The van der Waals surface area contributed by atoms with E-state index in [1.165, 1.54) is 0 Å². The van der Waals surface area contributed by atoms with Crippen molar-refractivity contribution >= 4 is 49.4 Å². The number of aromatic nitrogens is 9. The van der Waals surface area contributed by atoms with Crippen LogP contribution in [0.5, 0.6) is 0 Å². The Labute approximate surface area is 321 Å². The Bertz CT molecular complexity index is 3120. The topological polar surface area (TPSA) is 100 Å². The zero-order chi connectivity index (χ0) is 37.0. The lowest BCUT2D eigenvalue weighted by Crippen LogP contribution is -2.09. The van der Waals surface area contributed by atoms with E-state index in [4.69, 9.17) is 34.9 Å². The lowest BCUT2D eigenvalue weighted by molar-refractivity contribution is 0.906. The molecule has 5 heterocycles. The standard InChI is InChI=1S/C47H31N9/c1-5-17-30(18-6-1)40-48-41(31-19-7-2-8-20-31)51-46(50-40)55-38-27-15-13-25-34(38)36-29-37-35-26-14-16-28-39(35)56(45(37)54-44(36)55)47-52-42(32-21-9-3-10-22-32)49-43(53-47)33-23-11-4-12-24-33/h1-11,13-23,25-29H,12,24H2. The zero-order valence-electron chi connectivity index (χ0n) is 30.0. The van der Waals surface area contributed by atoms with Crippen LogP contribution in [0, 0.1) is 0 Å². The SMILES string of the molecule is C1=CCCC(c2nc(-c3ccccc3)nc(-n3c4ccccc4c4cc5c6ccccc6n(-c6nc(-c7ccccc7)nc(-c7ccccc7)n6)c5nc43)n2)=C1. The van der Waals surface area contributed by atoms with Crippen molar-refractivity contribution in [1.82, 2.24) is 44.0 Å². The van der Waals surface area contributed by atoms with Crippen molar-refractivity contribution < 1.29 is 0 Å². The number of allylic oxidation sites excluding steroid dienone is 4. The van der Waals surface area contributed by atoms with E-state index in [0.717, 1.165) is 73.3 Å². The summed E-state index contributed by atoms with van der Waals surface area (Å²) in [6, 6.07) is 49.0. The zero-order valence-corrected chi connectivity index (χ0v) is 30.0. The molecule has 11 rings (SSSR count). The summed E-state index contributed by atoms with van der Waals surface area (Å²) in [7, 11) is 0. The number of nitrogens with zero attached hydrogens (tertiary/aromatic N) is 9. The Kier molecular flexibility index (Phi) is 7.41. The molecule has 56 heavy (non-hydrogen) atoms. The number of rotatable bonds is 6. The predicted molar refractivity (Wildman–Crippen MR) is 222 cm³/mol. The maximum absolute atomic E-state index is 5.55. The van der Waals surface area contributed by atoms with Gasteiger partial charge >= 0.3 is 0 Å². The molecule has 264 valence electrons. The Morgan fingerprint density at radius 3 is 1.29 bits per heavy atom. The maximum Gasteiger partial charge on any atom is 0.240 e. The Morgan fingerprint density at radius 1 is 0.393 bits per heavy atom. The molecule has 1 aliphatic carbocycles. The lowest BCUT2D eigenvalue weighted by atomic mass is 10.0. The fourth-order valence-electron chi connectivity index (χ4n) is 7.67. The molecular formula is C47H31N9. The first-order valence-corrected chi connectivity index (χ1v) is 18.7. The average Bonchev–Trinajstić information content (AvgIpc) is 3.78. The van der Waals surface area contributed by atoms with Gasteiger partial charge in [0.25, 0.3) is 0 Å². The first kappa shape index (κ1) is 31.8. The molecule has 0 saturated heterocycles. The molecule has 0 amide bonds. The number of benzene rings is 5. The van der Waals surface area contributed by atoms with Gasteiger partial charge in [0.15, 0.2) is 34.6 Å². The summed E-state index contributed by atoms with van der Waals surface area (Å²) < 4.78 is 4.13. The third-order valence-corrected chi connectivity index (χ3v) is 10.3. The molecule has 1 aliphatic rings. The molecule has 0 aliphatic heterocycles. The van der Waals surface area contributed by atoms with Crippen LogP contribution in [0.2, 0.25) is 0 Å². The summed E-state index contributed by atoms with van der Waals surface area (Å²) in [5, 5.41) is 4.07. The van der Waals surface area contributed by atoms with Crippen molar-refractivity contribution in [2.75, 3.05) is 0 Å². The number of hydrogen-bond donors (Lipinski definition) is 0. The van der Waals surface area contributed by atoms with Crippen LogP contribution in [0.3, 0.4) is 0 Å². The second kappa shape index (κ2) is 13.0. The summed E-state index contributed by atoms with van der Waals surface area (Å²) in [4.78, 5) is 36.1. The van der Waals surface area contributed by atoms with E-state index < -0.39 is 0 Å². The van der Waals surface area contributed by atoms with Gasteiger partial charge in [-0.2, -0.15) is 19.9 Å². The molecule has 10 aromatic rings.